The van der Waals surface area contributed by atoms with E-state index in [-0.39, 0.29) is 11.7 Å². The first-order valence-electron chi connectivity index (χ1n) is 8.96. The third-order valence-electron chi connectivity index (χ3n) is 5.45. The third-order valence-corrected chi connectivity index (χ3v) is 5.45. The van der Waals surface area contributed by atoms with Crippen molar-refractivity contribution in [1.29, 1.82) is 0 Å². The maximum atomic E-state index is 12.4. The Morgan fingerprint density at radius 3 is 2.52 bits per heavy atom. The molecule has 23 heavy (non-hydrogen) atoms. The molecule has 1 aromatic rings. The molecular formula is C21H26O2. The van der Waals surface area contributed by atoms with Crippen LogP contribution in [0.25, 0.3) is 0 Å². The Labute approximate surface area is 139 Å². The van der Waals surface area contributed by atoms with E-state index < -0.39 is 5.41 Å². The Balaban J connectivity index is 1.43. The number of hydrogen-bond acceptors (Lipinski definition) is 2. The van der Waals surface area contributed by atoms with Gasteiger partial charge in [0.2, 0.25) is 0 Å². The number of ketones is 2. The molecule has 2 nitrogen and oxygen atoms in total. The van der Waals surface area contributed by atoms with E-state index in [0.29, 0.717) is 18.6 Å². The summed E-state index contributed by atoms with van der Waals surface area (Å²) in [6.45, 7) is 2.17. The lowest BCUT2D eigenvalue weighted by Gasteiger charge is -2.30. The number of benzene rings is 1. The standard InChI is InChI=1S/C21H26O2/c1-2-16-7-9-17(10-8-16)6-4-3-5-12-21-13-11-18(20(21)23)14-19(22)15-21/h7-11,13,18H,2-6,12,14-15H2,1H3. The molecule has 0 spiro atoms. The number of aryl methyl sites for hydroxylation is 2. The molecule has 1 saturated carbocycles. The summed E-state index contributed by atoms with van der Waals surface area (Å²) in [5.74, 6) is 0.441. The normalized spacial score (nSPS) is 26.0. The van der Waals surface area contributed by atoms with Crippen LogP contribution >= 0.6 is 0 Å². The van der Waals surface area contributed by atoms with E-state index >= 15 is 0 Å². The fourth-order valence-corrected chi connectivity index (χ4v) is 4.00. The second-order valence-corrected chi connectivity index (χ2v) is 7.14. The van der Waals surface area contributed by atoms with Gasteiger partial charge in [-0.3, -0.25) is 9.59 Å². The van der Waals surface area contributed by atoms with Gasteiger partial charge < -0.3 is 0 Å². The summed E-state index contributed by atoms with van der Waals surface area (Å²) in [5, 5.41) is 0. The summed E-state index contributed by atoms with van der Waals surface area (Å²) in [6, 6.07) is 8.88. The summed E-state index contributed by atoms with van der Waals surface area (Å²) in [6.07, 6.45) is 11.2. The van der Waals surface area contributed by atoms with E-state index in [2.05, 4.69) is 31.2 Å². The van der Waals surface area contributed by atoms with E-state index in [1.807, 2.05) is 12.2 Å². The molecule has 2 unspecified atom stereocenters. The lowest BCUT2D eigenvalue weighted by atomic mass is 9.70. The summed E-state index contributed by atoms with van der Waals surface area (Å²) in [4.78, 5) is 24.2. The monoisotopic (exact) mass is 310 g/mol. The fraction of sp³-hybridized carbons (Fsp3) is 0.524. The van der Waals surface area contributed by atoms with Crippen molar-refractivity contribution in [3.8, 4) is 0 Å². The summed E-state index contributed by atoms with van der Waals surface area (Å²) < 4.78 is 0. The van der Waals surface area contributed by atoms with Crippen LogP contribution in [0.4, 0.5) is 0 Å². The first kappa shape index (κ1) is 16.2. The second kappa shape index (κ2) is 6.82. The molecule has 0 aromatic heterocycles. The Kier molecular flexibility index (Phi) is 4.79. The van der Waals surface area contributed by atoms with E-state index in [4.69, 9.17) is 0 Å². The Hall–Kier alpha value is -1.70. The van der Waals surface area contributed by atoms with Gasteiger partial charge in [-0.05, 0) is 36.8 Å². The van der Waals surface area contributed by atoms with Crippen LogP contribution in [0.15, 0.2) is 36.4 Å². The molecule has 0 radical (unpaired) electrons. The highest BCUT2D eigenvalue weighted by Gasteiger charge is 2.48. The van der Waals surface area contributed by atoms with Crippen LogP contribution in [0, 0.1) is 11.3 Å². The van der Waals surface area contributed by atoms with E-state index in [1.54, 1.807) is 0 Å². The highest BCUT2D eigenvalue weighted by atomic mass is 16.1. The molecule has 0 amide bonds. The summed E-state index contributed by atoms with van der Waals surface area (Å²) >= 11 is 0. The summed E-state index contributed by atoms with van der Waals surface area (Å²) in [7, 11) is 0. The molecule has 2 heteroatoms. The molecule has 0 heterocycles. The fourth-order valence-electron chi connectivity index (χ4n) is 4.00. The van der Waals surface area contributed by atoms with Crippen LogP contribution < -0.4 is 0 Å². The van der Waals surface area contributed by atoms with Crippen LogP contribution in [0.3, 0.4) is 0 Å². The molecule has 1 fully saturated rings. The maximum Gasteiger partial charge on any atom is 0.150 e. The lowest BCUT2D eigenvalue weighted by molar-refractivity contribution is -0.138. The van der Waals surface area contributed by atoms with E-state index in [0.717, 1.165) is 38.5 Å². The Bertz CT molecular complexity index is 611. The lowest BCUT2D eigenvalue weighted by Crippen LogP contribution is -2.37. The quantitative estimate of drug-likeness (QED) is 0.550. The number of fused-ring (bicyclic) bond motifs is 2. The van der Waals surface area contributed by atoms with E-state index in [9.17, 15) is 9.59 Å². The van der Waals surface area contributed by atoms with Gasteiger partial charge in [-0.1, -0.05) is 56.2 Å². The van der Waals surface area contributed by atoms with Crippen molar-refractivity contribution < 1.29 is 9.59 Å². The van der Waals surface area contributed by atoms with Crippen molar-refractivity contribution in [3.05, 3.63) is 47.5 Å². The molecule has 2 atom stereocenters. The molecule has 2 aliphatic rings. The number of carbonyl (C=O) groups excluding carboxylic acids is 2. The maximum absolute atomic E-state index is 12.4. The number of unbranched alkanes of at least 4 members (excludes halogenated alkanes) is 2. The van der Waals surface area contributed by atoms with Gasteiger partial charge >= 0.3 is 0 Å². The van der Waals surface area contributed by atoms with Crippen LogP contribution in [0.1, 0.15) is 56.6 Å². The Morgan fingerprint density at radius 2 is 1.78 bits per heavy atom. The van der Waals surface area contributed by atoms with Gasteiger partial charge in [0.25, 0.3) is 0 Å². The smallest absolute Gasteiger partial charge is 0.150 e. The molecule has 2 aliphatic carbocycles. The largest absolute Gasteiger partial charge is 0.300 e. The third kappa shape index (κ3) is 3.46. The average Bonchev–Trinajstić information content (AvgIpc) is 2.74. The zero-order valence-electron chi connectivity index (χ0n) is 14.0. The topological polar surface area (TPSA) is 34.1 Å². The first-order chi connectivity index (χ1) is 11.1. The van der Waals surface area contributed by atoms with Gasteiger partial charge in [-0.25, -0.2) is 0 Å². The van der Waals surface area contributed by atoms with Gasteiger partial charge in [0, 0.05) is 18.8 Å². The molecule has 0 N–H and O–H groups in total. The van der Waals surface area contributed by atoms with Gasteiger partial charge in [0.1, 0.15) is 11.6 Å². The number of hydrogen-bond donors (Lipinski definition) is 0. The van der Waals surface area contributed by atoms with Crippen molar-refractivity contribution >= 4 is 11.6 Å². The van der Waals surface area contributed by atoms with Crippen LogP contribution in [0.2, 0.25) is 0 Å². The molecule has 0 saturated heterocycles. The zero-order chi connectivity index (χ0) is 16.3. The summed E-state index contributed by atoms with van der Waals surface area (Å²) in [5.41, 5.74) is 2.34. The average molecular weight is 310 g/mol. The van der Waals surface area contributed by atoms with E-state index in [1.165, 1.54) is 11.1 Å². The highest BCUT2D eigenvalue weighted by Crippen LogP contribution is 2.45. The minimum Gasteiger partial charge on any atom is -0.300 e. The van der Waals surface area contributed by atoms with Crippen molar-refractivity contribution in [2.75, 3.05) is 0 Å². The van der Waals surface area contributed by atoms with Gasteiger partial charge in [0.05, 0.1) is 5.41 Å². The van der Waals surface area contributed by atoms with Gasteiger partial charge in [-0.15, -0.1) is 0 Å². The zero-order valence-corrected chi connectivity index (χ0v) is 14.0. The van der Waals surface area contributed by atoms with Crippen LogP contribution in [0.5, 0.6) is 0 Å². The number of rotatable bonds is 7. The minimum absolute atomic E-state index is 0.117. The van der Waals surface area contributed by atoms with Gasteiger partial charge in [0.15, 0.2) is 0 Å². The first-order valence-corrected chi connectivity index (χ1v) is 8.96. The second-order valence-electron chi connectivity index (χ2n) is 7.14. The molecular weight excluding hydrogens is 284 g/mol. The molecule has 0 aliphatic heterocycles. The SMILES string of the molecule is CCc1ccc(CCCCCC23C=CC(CC(=O)C2)C3=O)cc1. The van der Waals surface area contributed by atoms with Crippen LogP contribution in [-0.4, -0.2) is 11.6 Å². The molecule has 3 rings (SSSR count). The predicted molar refractivity (Wildman–Crippen MR) is 92.3 cm³/mol. The predicted octanol–water partition coefficient (Wildman–Crippen LogP) is 4.46. The minimum atomic E-state index is -0.442. The molecule has 122 valence electrons. The van der Waals surface area contributed by atoms with Crippen molar-refractivity contribution in [1.82, 2.24) is 0 Å². The van der Waals surface area contributed by atoms with Crippen LogP contribution in [-0.2, 0) is 22.4 Å². The Morgan fingerprint density at radius 1 is 1.04 bits per heavy atom. The van der Waals surface area contributed by atoms with Gasteiger partial charge in [-0.2, -0.15) is 0 Å². The molecule has 1 aromatic carbocycles. The van der Waals surface area contributed by atoms with Crippen molar-refractivity contribution in [2.24, 2.45) is 11.3 Å². The number of allylic oxidation sites excluding steroid dienone is 2. The van der Waals surface area contributed by atoms with Crippen molar-refractivity contribution in [3.63, 3.8) is 0 Å². The number of Topliss-reactive ketones (excluding diaryl/α,β-unsaturated/α-hetero) is 2. The van der Waals surface area contributed by atoms with Crippen molar-refractivity contribution in [2.45, 2.75) is 58.3 Å². The molecule has 2 bridgehead atoms. The number of carbonyl (C=O) groups is 2. The highest BCUT2D eigenvalue weighted by molar-refractivity contribution is 6.03.